The highest BCUT2D eigenvalue weighted by Gasteiger charge is 2.27. The lowest BCUT2D eigenvalue weighted by Gasteiger charge is -2.17. The van der Waals surface area contributed by atoms with E-state index in [0.717, 1.165) is 0 Å². The van der Waals surface area contributed by atoms with E-state index in [1.807, 2.05) is 0 Å². The second-order valence-corrected chi connectivity index (χ2v) is 4.51. The molecule has 0 spiro atoms. The van der Waals surface area contributed by atoms with Crippen LogP contribution in [0.1, 0.15) is 26.7 Å². The molecule has 0 rings (SSSR count). The molecule has 0 aromatic carbocycles. The van der Waals surface area contributed by atoms with E-state index in [0.29, 0.717) is 6.42 Å². The normalized spacial score (nSPS) is 12.6. The van der Waals surface area contributed by atoms with Crippen LogP contribution in [-0.4, -0.2) is 37.4 Å². The van der Waals surface area contributed by atoms with Crippen LogP contribution in [0.15, 0.2) is 0 Å². The van der Waals surface area contributed by atoms with Crippen molar-refractivity contribution in [1.29, 1.82) is 0 Å². The van der Waals surface area contributed by atoms with Crippen LogP contribution >= 0.6 is 0 Å². The number of nitrogens with two attached hydrogens (primary N) is 1. The molecular weight excluding hydrogens is 237 g/mol. The van der Waals surface area contributed by atoms with Gasteiger partial charge in [0.15, 0.2) is 0 Å². The highest BCUT2D eigenvalue weighted by Crippen LogP contribution is 2.13. The fraction of sp³-hybridized carbons (Fsp3) is 0.900. The van der Waals surface area contributed by atoms with E-state index in [2.05, 4.69) is 10.1 Å². The number of rotatable bonds is 7. The highest BCUT2D eigenvalue weighted by molar-refractivity contribution is 5.75. The molecule has 0 bridgehead atoms. The van der Waals surface area contributed by atoms with Gasteiger partial charge < -0.3 is 15.8 Å². The van der Waals surface area contributed by atoms with Crippen molar-refractivity contribution in [3.8, 4) is 0 Å². The number of halogens is 3. The van der Waals surface area contributed by atoms with Crippen LogP contribution in [0.4, 0.5) is 13.2 Å². The Morgan fingerprint density at radius 2 is 1.94 bits per heavy atom. The molecule has 17 heavy (non-hydrogen) atoms. The number of carbonyl (C=O) groups is 1. The lowest BCUT2D eigenvalue weighted by atomic mass is 10.00. The van der Waals surface area contributed by atoms with E-state index in [-0.39, 0.29) is 25.5 Å². The van der Waals surface area contributed by atoms with Crippen molar-refractivity contribution in [2.24, 2.45) is 5.73 Å². The standard InChI is InChI=1S/C10H19F3N2O2/c1-9(2,14)4-3-8(16)15-5-6-17-7-10(11,12)13/h3-7,14H2,1-2H3,(H,15,16). The van der Waals surface area contributed by atoms with Crippen molar-refractivity contribution in [2.45, 2.75) is 38.4 Å². The number of carbonyl (C=O) groups excluding carboxylic acids is 1. The Balaban J connectivity index is 3.47. The molecule has 102 valence electrons. The summed E-state index contributed by atoms with van der Waals surface area (Å²) < 4.78 is 39.3. The maximum atomic E-state index is 11.7. The molecule has 0 aromatic heterocycles. The molecule has 7 heteroatoms. The first-order valence-corrected chi connectivity index (χ1v) is 5.30. The topological polar surface area (TPSA) is 64.4 Å². The summed E-state index contributed by atoms with van der Waals surface area (Å²) in [5.74, 6) is -0.237. The number of amides is 1. The van der Waals surface area contributed by atoms with Crippen molar-refractivity contribution in [3.63, 3.8) is 0 Å². The minimum atomic E-state index is -4.33. The average molecular weight is 256 g/mol. The fourth-order valence-electron chi connectivity index (χ4n) is 0.975. The summed E-state index contributed by atoms with van der Waals surface area (Å²) in [5, 5.41) is 2.45. The largest absolute Gasteiger partial charge is 0.411 e. The highest BCUT2D eigenvalue weighted by atomic mass is 19.4. The van der Waals surface area contributed by atoms with Gasteiger partial charge in [-0.05, 0) is 20.3 Å². The summed E-state index contributed by atoms with van der Waals surface area (Å²) in [6, 6.07) is 0. The smallest absolute Gasteiger partial charge is 0.370 e. The van der Waals surface area contributed by atoms with Crippen LogP contribution in [-0.2, 0) is 9.53 Å². The third-order valence-corrected chi connectivity index (χ3v) is 1.83. The summed E-state index contributed by atoms with van der Waals surface area (Å²) in [6.45, 7) is 2.22. The van der Waals surface area contributed by atoms with Crippen molar-refractivity contribution in [2.75, 3.05) is 19.8 Å². The number of hydrogen-bond acceptors (Lipinski definition) is 3. The molecule has 0 radical (unpaired) electrons. The van der Waals surface area contributed by atoms with Crippen molar-refractivity contribution < 1.29 is 22.7 Å². The predicted octanol–water partition coefficient (Wildman–Crippen LogP) is 1.20. The average Bonchev–Trinajstić information content (AvgIpc) is 2.11. The first-order chi connectivity index (χ1) is 7.60. The Morgan fingerprint density at radius 3 is 2.41 bits per heavy atom. The van der Waals surface area contributed by atoms with Crippen molar-refractivity contribution in [1.82, 2.24) is 5.32 Å². The second-order valence-electron chi connectivity index (χ2n) is 4.51. The first-order valence-electron chi connectivity index (χ1n) is 5.30. The molecular formula is C10H19F3N2O2. The molecule has 0 heterocycles. The molecule has 0 saturated heterocycles. The first kappa shape index (κ1) is 16.2. The molecule has 1 amide bonds. The zero-order valence-electron chi connectivity index (χ0n) is 10.1. The number of alkyl halides is 3. The summed E-state index contributed by atoms with van der Waals surface area (Å²) in [5.41, 5.74) is 5.25. The van der Waals surface area contributed by atoms with Crippen molar-refractivity contribution in [3.05, 3.63) is 0 Å². The number of ether oxygens (including phenoxy) is 1. The van der Waals surface area contributed by atoms with Crippen LogP contribution in [0.3, 0.4) is 0 Å². The van der Waals surface area contributed by atoms with Gasteiger partial charge in [-0.2, -0.15) is 13.2 Å². The number of hydrogen-bond donors (Lipinski definition) is 2. The minimum Gasteiger partial charge on any atom is -0.370 e. The van der Waals surface area contributed by atoms with Gasteiger partial charge in [-0.25, -0.2) is 0 Å². The Labute approximate surface area is 98.7 Å². The van der Waals surface area contributed by atoms with E-state index in [9.17, 15) is 18.0 Å². The molecule has 0 atom stereocenters. The van der Waals surface area contributed by atoms with Gasteiger partial charge in [0.1, 0.15) is 6.61 Å². The molecule has 0 saturated carbocycles. The van der Waals surface area contributed by atoms with Crippen LogP contribution in [0.25, 0.3) is 0 Å². The maximum Gasteiger partial charge on any atom is 0.411 e. The van der Waals surface area contributed by atoms with E-state index >= 15 is 0 Å². The molecule has 4 nitrogen and oxygen atoms in total. The van der Waals surface area contributed by atoms with Gasteiger partial charge in [0.05, 0.1) is 6.61 Å². The Morgan fingerprint density at radius 1 is 1.35 bits per heavy atom. The summed E-state index contributed by atoms with van der Waals surface area (Å²) in [4.78, 5) is 11.2. The molecule has 0 aromatic rings. The van der Waals surface area contributed by atoms with Gasteiger partial charge in [-0.3, -0.25) is 4.79 Å². The Kier molecular flexibility index (Phi) is 6.48. The Bertz CT molecular complexity index is 237. The van der Waals surface area contributed by atoms with Gasteiger partial charge in [0, 0.05) is 18.5 Å². The second kappa shape index (κ2) is 6.80. The van der Waals surface area contributed by atoms with Gasteiger partial charge >= 0.3 is 6.18 Å². The Hall–Kier alpha value is -0.820. The van der Waals surface area contributed by atoms with Crippen LogP contribution in [0.2, 0.25) is 0 Å². The van der Waals surface area contributed by atoms with Crippen LogP contribution < -0.4 is 11.1 Å². The minimum absolute atomic E-state index is 0.0694. The lowest BCUT2D eigenvalue weighted by molar-refractivity contribution is -0.173. The molecule has 0 aliphatic carbocycles. The molecule has 0 aliphatic heterocycles. The molecule has 0 unspecified atom stereocenters. The third kappa shape index (κ3) is 13.1. The summed E-state index contributed by atoms with van der Waals surface area (Å²) in [7, 11) is 0. The van der Waals surface area contributed by atoms with Crippen LogP contribution in [0, 0.1) is 0 Å². The van der Waals surface area contributed by atoms with E-state index in [1.165, 1.54) is 0 Å². The zero-order chi connectivity index (χ0) is 13.5. The van der Waals surface area contributed by atoms with E-state index in [4.69, 9.17) is 5.73 Å². The zero-order valence-corrected chi connectivity index (χ0v) is 10.1. The monoisotopic (exact) mass is 256 g/mol. The summed E-state index contributed by atoms with van der Waals surface area (Å²) >= 11 is 0. The van der Waals surface area contributed by atoms with Gasteiger partial charge in [0.2, 0.25) is 5.91 Å². The third-order valence-electron chi connectivity index (χ3n) is 1.83. The summed E-state index contributed by atoms with van der Waals surface area (Å²) in [6.07, 6.45) is -3.56. The molecule has 0 fully saturated rings. The van der Waals surface area contributed by atoms with Gasteiger partial charge in [0.25, 0.3) is 0 Å². The SMILES string of the molecule is CC(C)(N)CCC(=O)NCCOCC(F)(F)F. The van der Waals surface area contributed by atoms with Crippen molar-refractivity contribution >= 4 is 5.91 Å². The predicted molar refractivity (Wildman–Crippen MR) is 57.4 cm³/mol. The van der Waals surface area contributed by atoms with E-state index in [1.54, 1.807) is 13.8 Å². The lowest BCUT2D eigenvalue weighted by Crippen LogP contribution is -2.35. The quantitative estimate of drug-likeness (QED) is 0.673. The van der Waals surface area contributed by atoms with Gasteiger partial charge in [-0.15, -0.1) is 0 Å². The maximum absolute atomic E-state index is 11.7. The van der Waals surface area contributed by atoms with E-state index < -0.39 is 18.3 Å². The molecule has 0 aliphatic rings. The van der Waals surface area contributed by atoms with Gasteiger partial charge in [-0.1, -0.05) is 0 Å². The number of nitrogens with one attached hydrogen (secondary N) is 1. The molecule has 3 N–H and O–H groups in total. The fourth-order valence-corrected chi connectivity index (χ4v) is 0.975. The van der Waals surface area contributed by atoms with Crippen LogP contribution in [0.5, 0.6) is 0 Å².